The van der Waals surface area contributed by atoms with E-state index in [2.05, 4.69) is 5.32 Å². The highest BCUT2D eigenvalue weighted by molar-refractivity contribution is 7.90. The Kier molecular flexibility index (Phi) is 7.43. The minimum absolute atomic E-state index is 0.0325. The lowest BCUT2D eigenvalue weighted by molar-refractivity contribution is -0.139. The zero-order chi connectivity index (χ0) is 15.1. The standard InChI is InChI=1S/C11H22N2O5S/c1-4-5-6-9(10(14)15)12-11(16)13(2)7-8-19(3,17)18/h9H,4-8H2,1-3H3,(H,12,16)(H,14,15)/t9-/m0/s1. The summed E-state index contributed by atoms with van der Waals surface area (Å²) in [5.41, 5.74) is 0. The third kappa shape index (κ3) is 8.41. The van der Waals surface area contributed by atoms with Gasteiger partial charge < -0.3 is 15.3 Å². The lowest BCUT2D eigenvalue weighted by Gasteiger charge is -2.21. The van der Waals surface area contributed by atoms with Crippen LogP contribution in [0.3, 0.4) is 0 Å². The highest BCUT2D eigenvalue weighted by atomic mass is 32.2. The second kappa shape index (κ2) is 7.98. The zero-order valence-electron chi connectivity index (χ0n) is 11.5. The summed E-state index contributed by atoms with van der Waals surface area (Å²) < 4.78 is 22.0. The summed E-state index contributed by atoms with van der Waals surface area (Å²) in [5, 5.41) is 11.3. The van der Waals surface area contributed by atoms with Crippen LogP contribution < -0.4 is 5.32 Å². The zero-order valence-corrected chi connectivity index (χ0v) is 12.4. The fourth-order valence-electron chi connectivity index (χ4n) is 1.33. The van der Waals surface area contributed by atoms with Gasteiger partial charge in [0.05, 0.1) is 5.75 Å². The molecule has 0 aromatic carbocycles. The number of urea groups is 1. The van der Waals surface area contributed by atoms with Crippen LogP contribution in [0.1, 0.15) is 26.2 Å². The van der Waals surface area contributed by atoms with Gasteiger partial charge in [-0.05, 0) is 6.42 Å². The smallest absolute Gasteiger partial charge is 0.326 e. The number of carboxylic acid groups (broad SMARTS) is 1. The molecule has 0 heterocycles. The first-order valence-electron chi connectivity index (χ1n) is 6.09. The minimum Gasteiger partial charge on any atom is -0.480 e. The lowest BCUT2D eigenvalue weighted by Crippen LogP contribution is -2.47. The number of nitrogens with zero attached hydrogens (tertiary/aromatic N) is 1. The first-order chi connectivity index (χ1) is 8.67. The van der Waals surface area contributed by atoms with Crippen LogP contribution in [0.15, 0.2) is 0 Å². The van der Waals surface area contributed by atoms with Gasteiger partial charge >= 0.3 is 12.0 Å². The van der Waals surface area contributed by atoms with Gasteiger partial charge in [0.25, 0.3) is 0 Å². The molecule has 2 amide bonds. The number of carbonyl (C=O) groups is 2. The summed E-state index contributed by atoms with van der Waals surface area (Å²) in [6.45, 7) is 1.96. The van der Waals surface area contributed by atoms with Crippen LogP contribution in [0.5, 0.6) is 0 Å². The molecule has 0 aromatic heterocycles. The lowest BCUT2D eigenvalue weighted by atomic mass is 10.1. The topological polar surface area (TPSA) is 104 Å². The Morgan fingerprint density at radius 1 is 1.37 bits per heavy atom. The predicted molar refractivity (Wildman–Crippen MR) is 71.8 cm³/mol. The van der Waals surface area contributed by atoms with Crippen molar-refractivity contribution in [2.24, 2.45) is 0 Å². The van der Waals surface area contributed by atoms with Crippen molar-refractivity contribution in [3.63, 3.8) is 0 Å². The van der Waals surface area contributed by atoms with E-state index in [0.717, 1.165) is 12.7 Å². The van der Waals surface area contributed by atoms with Crippen LogP contribution in [0.2, 0.25) is 0 Å². The highest BCUT2D eigenvalue weighted by Crippen LogP contribution is 2.02. The fraction of sp³-hybridized carbons (Fsp3) is 0.818. The van der Waals surface area contributed by atoms with Gasteiger partial charge in [-0.1, -0.05) is 19.8 Å². The van der Waals surface area contributed by atoms with Crippen LogP contribution in [0.4, 0.5) is 4.79 Å². The number of hydrogen-bond acceptors (Lipinski definition) is 4. The molecule has 112 valence electrons. The van der Waals surface area contributed by atoms with Crippen LogP contribution in [0, 0.1) is 0 Å². The van der Waals surface area contributed by atoms with E-state index in [9.17, 15) is 18.0 Å². The molecular formula is C11H22N2O5S. The molecule has 0 spiro atoms. The molecule has 0 saturated carbocycles. The number of aliphatic carboxylic acids is 1. The Morgan fingerprint density at radius 2 is 1.95 bits per heavy atom. The maximum absolute atomic E-state index is 11.7. The van der Waals surface area contributed by atoms with Gasteiger partial charge in [0, 0.05) is 19.8 Å². The third-order valence-electron chi connectivity index (χ3n) is 2.59. The summed E-state index contributed by atoms with van der Waals surface area (Å²) in [7, 11) is -1.72. The molecule has 0 rings (SSSR count). The second-order valence-electron chi connectivity index (χ2n) is 4.53. The number of unbranched alkanes of at least 4 members (excludes halogenated alkanes) is 1. The van der Waals surface area contributed by atoms with Gasteiger partial charge in [0.1, 0.15) is 15.9 Å². The number of hydrogen-bond donors (Lipinski definition) is 2. The second-order valence-corrected chi connectivity index (χ2v) is 6.79. The van der Waals surface area contributed by atoms with Crippen LogP contribution in [-0.2, 0) is 14.6 Å². The van der Waals surface area contributed by atoms with E-state index in [1.165, 1.54) is 11.9 Å². The number of amides is 2. The van der Waals surface area contributed by atoms with Gasteiger partial charge in [-0.3, -0.25) is 0 Å². The van der Waals surface area contributed by atoms with E-state index < -0.39 is 27.9 Å². The average Bonchev–Trinajstić information content (AvgIpc) is 2.29. The number of rotatable bonds is 8. The van der Waals surface area contributed by atoms with Crippen molar-refractivity contribution in [1.82, 2.24) is 10.2 Å². The molecule has 0 unspecified atom stereocenters. The van der Waals surface area contributed by atoms with Gasteiger partial charge in [0.2, 0.25) is 0 Å². The van der Waals surface area contributed by atoms with Crippen LogP contribution in [0.25, 0.3) is 0 Å². The summed E-state index contributed by atoms with van der Waals surface area (Å²) in [5.74, 6) is -1.23. The molecule has 7 nitrogen and oxygen atoms in total. The molecule has 0 aliphatic carbocycles. The Labute approximate surface area is 113 Å². The molecule has 1 atom stereocenters. The van der Waals surface area contributed by atoms with E-state index in [1.54, 1.807) is 0 Å². The summed E-state index contributed by atoms with van der Waals surface area (Å²) in [6, 6.07) is -1.51. The predicted octanol–water partition coefficient (Wildman–Crippen LogP) is 0.316. The molecule has 0 saturated heterocycles. The van der Waals surface area contributed by atoms with E-state index in [-0.39, 0.29) is 12.3 Å². The van der Waals surface area contributed by atoms with Crippen molar-refractivity contribution in [1.29, 1.82) is 0 Å². The number of carbonyl (C=O) groups excluding carboxylic acids is 1. The molecular weight excluding hydrogens is 272 g/mol. The Morgan fingerprint density at radius 3 is 2.37 bits per heavy atom. The van der Waals surface area contributed by atoms with Crippen LogP contribution >= 0.6 is 0 Å². The summed E-state index contributed by atoms with van der Waals surface area (Å²) in [6.07, 6.45) is 2.98. The summed E-state index contributed by atoms with van der Waals surface area (Å²) in [4.78, 5) is 23.8. The maximum atomic E-state index is 11.7. The number of sulfone groups is 1. The third-order valence-corrected chi connectivity index (χ3v) is 3.51. The number of carboxylic acids is 1. The fourth-order valence-corrected chi connectivity index (χ4v) is 1.93. The summed E-state index contributed by atoms with van der Waals surface area (Å²) >= 11 is 0. The Bertz CT molecular complexity index is 407. The van der Waals surface area contributed by atoms with Crippen molar-refractivity contribution in [2.75, 3.05) is 25.6 Å². The average molecular weight is 294 g/mol. The van der Waals surface area contributed by atoms with Crippen LogP contribution in [-0.4, -0.2) is 62.1 Å². The SMILES string of the molecule is CCCC[C@H](NC(=O)N(C)CCS(C)(=O)=O)C(=O)O. The molecule has 2 N–H and O–H groups in total. The highest BCUT2D eigenvalue weighted by Gasteiger charge is 2.21. The van der Waals surface area contributed by atoms with E-state index in [0.29, 0.717) is 12.8 Å². The molecule has 0 fully saturated rings. The van der Waals surface area contributed by atoms with Crippen molar-refractivity contribution < 1.29 is 23.1 Å². The molecule has 0 radical (unpaired) electrons. The van der Waals surface area contributed by atoms with E-state index in [4.69, 9.17) is 5.11 Å². The number of nitrogens with one attached hydrogen (secondary N) is 1. The molecule has 0 bridgehead atoms. The van der Waals surface area contributed by atoms with Gasteiger partial charge in [-0.25, -0.2) is 18.0 Å². The minimum atomic E-state index is -3.15. The van der Waals surface area contributed by atoms with Crippen molar-refractivity contribution >= 4 is 21.8 Å². The molecule has 0 aliphatic rings. The van der Waals surface area contributed by atoms with Gasteiger partial charge in [-0.15, -0.1) is 0 Å². The van der Waals surface area contributed by atoms with Gasteiger partial charge in [-0.2, -0.15) is 0 Å². The molecule has 19 heavy (non-hydrogen) atoms. The largest absolute Gasteiger partial charge is 0.480 e. The maximum Gasteiger partial charge on any atom is 0.326 e. The first kappa shape index (κ1) is 17.7. The van der Waals surface area contributed by atoms with Crippen molar-refractivity contribution in [2.45, 2.75) is 32.2 Å². The van der Waals surface area contributed by atoms with E-state index >= 15 is 0 Å². The van der Waals surface area contributed by atoms with E-state index in [1.807, 2.05) is 6.92 Å². The molecule has 8 heteroatoms. The van der Waals surface area contributed by atoms with Crippen molar-refractivity contribution in [3.05, 3.63) is 0 Å². The quantitative estimate of drug-likeness (QED) is 0.671. The Balaban J connectivity index is 4.34. The normalized spacial score (nSPS) is 12.8. The molecule has 0 aliphatic heterocycles. The first-order valence-corrected chi connectivity index (χ1v) is 8.15. The monoisotopic (exact) mass is 294 g/mol. The molecule has 0 aromatic rings. The van der Waals surface area contributed by atoms with Crippen molar-refractivity contribution in [3.8, 4) is 0 Å². The van der Waals surface area contributed by atoms with Gasteiger partial charge in [0.15, 0.2) is 0 Å². The Hall–Kier alpha value is -1.31.